The van der Waals surface area contributed by atoms with E-state index < -0.39 is 11.9 Å². The number of benzene rings is 3. The van der Waals surface area contributed by atoms with Crippen LogP contribution in [0.1, 0.15) is 49.7 Å². The molecule has 3 aromatic carbocycles. The SMILES string of the molecule is CCOc1ccc([C@H]2C(C(=O)OCCOc3ccccc3)=C(C)NC3=C2C(=O)C[C@@H](c2ccccc2)C3)cc1OC. The summed E-state index contributed by atoms with van der Waals surface area (Å²) in [6.07, 6.45) is 1.03. The highest BCUT2D eigenvalue weighted by Gasteiger charge is 2.41. The number of hydrogen-bond donors (Lipinski definition) is 1. The lowest BCUT2D eigenvalue weighted by atomic mass is 9.71. The number of Topliss-reactive ketones (excluding diaryl/α,β-unsaturated/α-hetero) is 1. The van der Waals surface area contributed by atoms with Gasteiger partial charge in [0, 0.05) is 29.3 Å². The molecule has 5 rings (SSSR count). The van der Waals surface area contributed by atoms with Crippen molar-refractivity contribution in [1.29, 1.82) is 0 Å². The van der Waals surface area contributed by atoms with Gasteiger partial charge in [-0.25, -0.2) is 4.79 Å². The molecule has 0 saturated carbocycles. The van der Waals surface area contributed by atoms with Gasteiger partial charge in [-0.05, 0) is 61.6 Å². The van der Waals surface area contributed by atoms with Crippen LogP contribution < -0.4 is 19.5 Å². The van der Waals surface area contributed by atoms with Crippen LogP contribution >= 0.6 is 0 Å². The molecule has 2 atom stereocenters. The van der Waals surface area contributed by atoms with Gasteiger partial charge in [-0.3, -0.25) is 4.79 Å². The quantitative estimate of drug-likeness (QED) is 0.241. The first-order valence-electron chi connectivity index (χ1n) is 13.9. The third kappa shape index (κ3) is 6.14. The Balaban J connectivity index is 1.46. The van der Waals surface area contributed by atoms with E-state index in [-0.39, 0.29) is 24.9 Å². The van der Waals surface area contributed by atoms with Gasteiger partial charge >= 0.3 is 5.97 Å². The molecule has 1 heterocycles. The molecule has 0 saturated heterocycles. The third-order valence-electron chi connectivity index (χ3n) is 7.47. The second-order valence-electron chi connectivity index (χ2n) is 10.1. The number of ether oxygens (including phenoxy) is 4. The van der Waals surface area contributed by atoms with Gasteiger partial charge in [-0.15, -0.1) is 0 Å². The topological polar surface area (TPSA) is 83.1 Å². The largest absolute Gasteiger partial charge is 0.493 e. The number of dihydropyridines is 1. The summed E-state index contributed by atoms with van der Waals surface area (Å²) in [5.74, 6) is 0.809. The summed E-state index contributed by atoms with van der Waals surface area (Å²) >= 11 is 0. The fourth-order valence-corrected chi connectivity index (χ4v) is 5.63. The first-order chi connectivity index (χ1) is 20.0. The highest BCUT2D eigenvalue weighted by atomic mass is 16.6. The van der Waals surface area contributed by atoms with Gasteiger partial charge in [0.25, 0.3) is 0 Å². The van der Waals surface area contributed by atoms with Crippen molar-refractivity contribution in [1.82, 2.24) is 5.32 Å². The second kappa shape index (κ2) is 12.8. The monoisotopic (exact) mass is 553 g/mol. The molecule has 0 unspecified atom stereocenters. The van der Waals surface area contributed by atoms with Crippen molar-refractivity contribution in [2.45, 2.75) is 38.5 Å². The number of carbonyl (C=O) groups excluding carboxylic acids is 2. The lowest BCUT2D eigenvalue weighted by Gasteiger charge is -2.36. The molecule has 0 aromatic heterocycles. The first-order valence-corrected chi connectivity index (χ1v) is 13.9. The summed E-state index contributed by atoms with van der Waals surface area (Å²) < 4.78 is 22.7. The van der Waals surface area contributed by atoms with Crippen LogP contribution in [0.3, 0.4) is 0 Å². The lowest BCUT2D eigenvalue weighted by molar-refractivity contribution is -0.140. The summed E-state index contributed by atoms with van der Waals surface area (Å²) in [5.41, 5.74) is 4.39. The maximum absolute atomic E-state index is 13.9. The molecular weight excluding hydrogens is 518 g/mol. The number of para-hydroxylation sites is 1. The Labute approximate surface area is 240 Å². The van der Waals surface area contributed by atoms with E-state index >= 15 is 0 Å². The fraction of sp³-hybridized carbons (Fsp3) is 0.294. The van der Waals surface area contributed by atoms with Crippen molar-refractivity contribution in [3.05, 3.63) is 113 Å². The number of ketones is 1. The minimum absolute atomic E-state index is 0.00988. The van der Waals surface area contributed by atoms with Crippen LogP contribution in [0.25, 0.3) is 0 Å². The molecular formula is C34H35NO6. The molecule has 2 aliphatic rings. The zero-order valence-corrected chi connectivity index (χ0v) is 23.6. The van der Waals surface area contributed by atoms with E-state index in [1.165, 1.54) is 0 Å². The Bertz CT molecular complexity index is 1460. The molecule has 1 N–H and O–H groups in total. The average molecular weight is 554 g/mol. The van der Waals surface area contributed by atoms with E-state index in [2.05, 4.69) is 17.4 Å². The van der Waals surface area contributed by atoms with E-state index in [1.54, 1.807) is 7.11 Å². The molecule has 0 fully saturated rings. The normalized spacial score (nSPS) is 18.4. The number of allylic oxidation sites excluding steroid dienone is 3. The molecule has 0 spiro atoms. The number of nitrogens with one attached hydrogen (secondary N) is 1. The zero-order valence-electron chi connectivity index (χ0n) is 23.6. The van der Waals surface area contributed by atoms with Gasteiger partial charge in [0.2, 0.25) is 0 Å². The van der Waals surface area contributed by atoms with E-state index in [9.17, 15) is 9.59 Å². The second-order valence-corrected chi connectivity index (χ2v) is 10.1. The van der Waals surface area contributed by atoms with E-state index in [0.29, 0.717) is 53.5 Å². The van der Waals surface area contributed by atoms with Crippen molar-refractivity contribution in [2.24, 2.45) is 0 Å². The summed E-state index contributed by atoms with van der Waals surface area (Å²) in [5, 5.41) is 3.41. The van der Waals surface area contributed by atoms with E-state index in [0.717, 1.165) is 16.8 Å². The molecule has 0 amide bonds. The molecule has 1 aliphatic carbocycles. The van der Waals surface area contributed by atoms with Gasteiger partial charge in [0.1, 0.15) is 19.0 Å². The van der Waals surface area contributed by atoms with Crippen LogP contribution in [0, 0.1) is 0 Å². The summed E-state index contributed by atoms with van der Waals surface area (Å²) in [6, 6.07) is 25.0. The number of hydrogen-bond acceptors (Lipinski definition) is 7. The Morgan fingerprint density at radius 2 is 1.61 bits per heavy atom. The zero-order chi connectivity index (χ0) is 28.8. The Kier molecular flexibility index (Phi) is 8.73. The summed E-state index contributed by atoms with van der Waals surface area (Å²) in [6.45, 7) is 4.53. The van der Waals surface area contributed by atoms with Crippen molar-refractivity contribution < 1.29 is 28.5 Å². The lowest BCUT2D eigenvalue weighted by Crippen LogP contribution is -2.36. The summed E-state index contributed by atoms with van der Waals surface area (Å²) in [7, 11) is 1.58. The Morgan fingerprint density at radius 1 is 0.878 bits per heavy atom. The Hall–Kier alpha value is -4.52. The molecule has 7 nitrogen and oxygen atoms in total. The highest BCUT2D eigenvalue weighted by Crippen LogP contribution is 2.47. The predicted molar refractivity (Wildman–Crippen MR) is 156 cm³/mol. The van der Waals surface area contributed by atoms with Gasteiger partial charge < -0.3 is 24.3 Å². The molecule has 3 aromatic rings. The van der Waals surface area contributed by atoms with Crippen molar-refractivity contribution >= 4 is 11.8 Å². The maximum Gasteiger partial charge on any atom is 0.336 e. The van der Waals surface area contributed by atoms with Crippen LogP contribution in [0.15, 0.2) is 101 Å². The number of esters is 1. The van der Waals surface area contributed by atoms with Crippen molar-refractivity contribution in [3.63, 3.8) is 0 Å². The maximum atomic E-state index is 13.9. The van der Waals surface area contributed by atoms with Gasteiger partial charge in [0.15, 0.2) is 17.3 Å². The molecule has 7 heteroatoms. The molecule has 41 heavy (non-hydrogen) atoms. The molecule has 1 aliphatic heterocycles. The number of carbonyl (C=O) groups is 2. The standard InChI is InChI=1S/C34H35NO6/c1-4-39-29-16-15-24(21-30(29)38-3)32-31(34(37)41-18-17-40-26-13-9-6-10-14-26)22(2)35-27-19-25(20-28(36)33(27)32)23-11-7-5-8-12-23/h5-16,21,25,32,35H,4,17-20H2,1-3H3/t25-,32-/m0/s1. The highest BCUT2D eigenvalue weighted by molar-refractivity contribution is 6.04. The fourth-order valence-electron chi connectivity index (χ4n) is 5.63. The minimum atomic E-state index is -0.609. The number of methoxy groups -OCH3 is 1. The third-order valence-corrected chi connectivity index (χ3v) is 7.47. The molecule has 0 radical (unpaired) electrons. The van der Waals surface area contributed by atoms with Crippen LogP contribution in [0.4, 0.5) is 0 Å². The first kappa shape index (κ1) is 28.0. The predicted octanol–water partition coefficient (Wildman–Crippen LogP) is 6.08. The van der Waals surface area contributed by atoms with Crippen LogP contribution in [-0.4, -0.2) is 38.7 Å². The number of rotatable bonds is 10. The smallest absolute Gasteiger partial charge is 0.336 e. The minimum Gasteiger partial charge on any atom is -0.493 e. The van der Waals surface area contributed by atoms with E-state index in [1.807, 2.05) is 80.6 Å². The van der Waals surface area contributed by atoms with Crippen molar-refractivity contribution in [2.75, 3.05) is 26.9 Å². The van der Waals surface area contributed by atoms with Crippen LogP contribution in [0.5, 0.6) is 17.2 Å². The summed E-state index contributed by atoms with van der Waals surface area (Å²) in [4.78, 5) is 27.5. The molecule has 0 bridgehead atoms. The molecule has 212 valence electrons. The average Bonchev–Trinajstić information content (AvgIpc) is 2.99. The van der Waals surface area contributed by atoms with Gasteiger partial charge in [0.05, 0.1) is 19.3 Å². The van der Waals surface area contributed by atoms with Crippen LogP contribution in [-0.2, 0) is 14.3 Å². The van der Waals surface area contributed by atoms with Gasteiger partial charge in [-0.1, -0.05) is 54.6 Å². The van der Waals surface area contributed by atoms with Gasteiger partial charge in [-0.2, -0.15) is 0 Å². The van der Waals surface area contributed by atoms with E-state index in [4.69, 9.17) is 18.9 Å². The Morgan fingerprint density at radius 3 is 2.32 bits per heavy atom. The van der Waals surface area contributed by atoms with Crippen molar-refractivity contribution in [3.8, 4) is 17.2 Å². The van der Waals surface area contributed by atoms with Crippen LogP contribution in [0.2, 0.25) is 0 Å².